The Morgan fingerprint density at radius 2 is 1.95 bits per heavy atom. The van der Waals surface area contributed by atoms with Gasteiger partial charge < -0.3 is 19.7 Å². The van der Waals surface area contributed by atoms with Gasteiger partial charge in [0.1, 0.15) is 11.8 Å². The van der Waals surface area contributed by atoms with E-state index in [4.69, 9.17) is 9.47 Å². The second kappa shape index (κ2) is 7.75. The quantitative estimate of drug-likeness (QED) is 0.770. The third-order valence-electron chi connectivity index (χ3n) is 2.97. The van der Waals surface area contributed by atoms with Gasteiger partial charge in [-0.15, -0.1) is 0 Å². The van der Waals surface area contributed by atoms with Crippen molar-refractivity contribution in [2.45, 2.75) is 25.9 Å². The van der Waals surface area contributed by atoms with Crippen LogP contribution in [0.15, 0.2) is 24.3 Å². The predicted octanol–water partition coefficient (Wildman–Crippen LogP) is 1.67. The highest BCUT2D eigenvalue weighted by molar-refractivity contribution is 5.77. The van der Waals surface area contributed by atoms with Crippen LogP contribution in [0.2, 0.25) is 0 Å². The highest BCUT2D eigenvalue weighted by Crippen LogP contribution is 2.26. The van der Waals surface area contributed by atoms with Crippen LogP contribution in [0, 0.1) is 0 Å². The van der Waals surface area contributed by atoms with Gasteiger partial charge in [-0.1, -0.05) is 26.0 Å². The highest BCUT2D eigenvalue weighted by atomic mass is 16.5. The van der Waals surface area contributed by atoms with Crippen molar-refractivity contribution in [3.63, 3.8) is 0 Å². The molecule has 1 atom stereocenters. The van der Waals surface area contributed by atoms with E-state index in [0.717, 1.165) is 11.4 Å². The molecule has 0 aliphatic rings. The molecule has 0 saturated carbocycles. The van der Waals surface area contributed by atoms with E-state index < -0.39 is 0 Å². The number of rotatable bonds is 7. The summed E-state index contributed by atoms with van der Waals surface area (Å²) in [4.78, 5) is 13.8. The van der Waals surface area contributed by atoms with Crippen LogP contribution in [0.1, 0.15) is 13.8 Å². The molecule has 0 amide bonds. The van der Waals surface area contributed by atoms with Crippen LogP contribution in [-0.4, -0.2) is 45.9 Å². The predicted molar refractivity (Wildman–Crippen MR) is 80.3 cm³/mol. The van der Waals surface area contributed by atoms with E-state index in [9.17, 15) is 4.79 Å². The molecule has 1 rings (SSSR count). The minimum absolute atomic E-state index is 0.199. The number of anilines is 1. The number of nitrogens with zero attached hydrogens (tertiary/aromatic N) is 1. The van der Waals surface area contributed by atoms with Gasteiger partial charge in [0.2, 0.25) is 0 Å². The van der Waals surface area contributed by atoms with Crippen molar-refractivity contribution in [3.05, 3.63) is 24.3 Å². The lowest BCUT2D eigenvalue weighted by atomic mass is 10.2. The van der Waals surface area contributed by atoms with Crippen molar-refractivity contribution in [2.24, 2.45) is 0 Å². The summed E-state index contributed by atoms with van der Waals surface area (Å²) in [5.41, 5.74) is 0.939. The Balaban J connectivity index is 2.84. The lowest BCUT2D eigenvalue weighted by molar-refractivity contribution is -0.143. The zero-order valence-electron chi connectivity index (χ0n) is 12.8. The molecule has 1 N–H and O–H groups in total. The Morgan fingerprint density at radius 1 is 1.30 bits per heavy atom. The van der Waals surface area contributed by atoms with Crippen molar-refractivity contribution >= 4 is 11.7 Å². The summed E-state index contributed by atoms with van der Waals surface area (Å²) >= 11 is 0. The van der Waals surface area contributed by atoms with Crippen molar-refractivity contribution in [2.75, 3.05) is 32.7 Å². The third kappa shape index (κ3) is 4.42. The molecule has 1 aromatic carbocycles. The maximum Gasteiger partial charge on any atom is 0.324 e. The number of hydrogen-bond acceptors (Lipinski definition) is 5. The standard InChI is InChI=1S/C15H24N2O3/c1-11(2)16-12(15(18)20-5)10-17(3)13-8-6-7-9-14(13)19-4/h6-9,11-12,16H,10H2,1-5H3. The number of carbonyl (C=O) groups is 1. The van der Waals surface area contributed by atoms with Gasteiger partial charge in [-0.05, 0) is 12.1 Å². The first-order valence-corrected chi connectivity index (χ1v) is 6.67. The van der Waals surface area contributed by atoms with Crippen LogP contribution in [0.3, 0.4) is 0 Å². The number of esters is 1. The fourth-order valence-electron chi connectivity index (χ4n) is 2.06. The summed E-state index contributed by atoms with van der Waals surface area (Å²) in [5, 5.41) is 3.21. The zero-order valence-corrected chi connectivity index (χ0v) is 12.8. The average molecular weight is 280 g/mol. The monoisotopic (exact) mass is 280 g/mol. The van der Waals surface area contributed by atoms with Crippen LogP contribution >= 0.6 is 0 Å². The highest BCUT2D eigenvalue weighted by Gasteiger charge is 2.22. The first kappa shape index (κ1) is 16.3. The molecule has 0 aromatic heterocycles. The molecule has 0 heterocycles. The van der Waals surface area contributed by atoms with Crippen molar-refractivity contribution in [1.29, 1.82) is 0 Å². The Hall–Kier alpha value is -1.75. The third-order valence-corrected chi connectivity index (χ3v) is 2.97. The summed E-state index contributed by atoms with van der Waals surface area (Å²) in [7, 11) is 4.97. The number of likely N-dealkylation sites (N-methyl/N-ethyl adjacent to an activating group) is 1. The fraction of sp³-hybridized carbons (Fsp3) is 0.533. The first-order valence-electron chi connectivity index (χ1n) is 6.67. The number of hydrogen-bond donors (Lipinski definition) is 1. The summed E-state index contributed by atoms with van der Waals surface area (Å²) in [5.74, 6) is 0.517. The number of carbonyl (C=O) groups excluding carboxylic acids is 1. The van der Waals surface area contributed by atoms with E-state index in [1.165, 1.54) is 7.11 Å². The summed E-state index contributed by atoms with van der Waals surface area (Å²) < 4.78 is 10.2. The molecule has 0 aliphatic carbocycles. The van der Waals surface area contributed by atoms with Gasteiger partial charge in [-0.25, -0.2) is 0 Å². The van der Waals surface area contributed by atoms with Gasteiger partial charge in [0, 0.05) is 19.6 Å². The molecule has 20 heavy (non-hydrogen) atoms. The lowest BCUT2D eigenvalue weighted by Crippen LogP contribution is -2.48. The van der Waals surface area contributed by atoms with Gasteiger partial charge >= 0.3 is 5.97 Å². The number of nitrogens with one attached hydrogen (secondary N) is 1. The average Bonchev–Trinajstić information content (AvgIpc) is 2.45. The molecule has 0 saturated heterocycles. The molecule has 1 unspecified atom stereocenters. The molecule has 0 aliphatic heterocycles. The van der Waals surface area contributed by atoms with E-state index in [1.54, 1.807) is 7.11 Å². The zero-order chi connectivity index (χ0) is 15.1. The van der Waals surface area contributed by atoms with Crippen LogP contribution < -0.4 is 15.0 Å². The fourth-order valence-corrected chi connectivity index (χ4v) is 2.06. The molecular weight excluding hydrogens is 256 g/mol. The number of methoxy groups -OCH3 is 2. The molecule has 112 valence electrons. The maximum absolute atomic E-state index is 11.8. The van der Waals surface area contributed by atoms with E-state index in [0.29, 0.717) is 6.54 Å². The Labute approximate surface area is 120 Å². The number of benzene rings is 1. The molecule has 5 heteroatoms. The van der Waals surface area contributed by atoms with Crippen molar-refractivity contribution in [1.82, 2.24) is 5.32 Å². The van der Waals surface area contributed by atoms with Gasteiger partial charge in [-0.2, -0.15) is 0 Å². The van der Waals surface area contributed by atoms with Gasteiger partial charge in [0.15, 0.2) is 0 Å². The molecule has 1 aromatic rings. The van der Waals surface area contributed by atoms with Crippen LogP contribution in [0.4, 0.5) is 5.69 Å². The minimum Gasteiger partial charge on any atom is -0.495 e. The van der Waals surface area contributed by atoms with E-state index >= 15 is 0 Å². The molecule has 0 fully saturated rings. The Bertz CT molecular complexity index is 435. The molecule has 0 bridgehead atoms. The number of para-hydroxylation sites is 2. The topological polar surface area (TPSA) is 50.8 Å². The summed E-state index contributed by atoms with van der Waals surface area (Å²) in [6, 6.07) is 7.54. The summed E-state index contributed by atoms with van der Waals surface area (Å²) in [6.45, 7) is 4.50. The van der Waals surface area contributed by atoms with Crippen molar-refractivity contribution in [3.8, 4) is 5.75 Å². The summed E-state index contributed by atoms with van der Waals surface area (Å²) in [6.07, 6.45) is 0. The maximum atomic E-state index is 11.8. The van der Waals surface area contributed by atoms with Crippen LogP contribution in [0.25, 0.3) is 0 Å². The first-order chi connectivity index (χ1) is 9.49. The molecule has 0 spiro atoms. The minimum atomic E-state index is -0.380. The second-order valence-corrected chi connectivity index (χ2v) is 4.95. The second-order valence-electron chi connectivity index (χ2n) is 4.95. The van der Waals surface area contributed by atoms with Gasteiger partial charge in [0.25, 0.3) is 0 Å². The van der Waals surface area contributed by atoms with E-state index in [1.807, 2.05) is 50.1 Å². The Morgan fingerprint density at radius 3 is 2.50 bits per heavy atom. The molecule has 5 nitrogen and oxygen atoms in total. The van der Waals surface area contributed by atoms with Crippen molar-refractivity contribution < 1.29 is 14.3 Å². The normalized spacial score (nSPS) is 12.1. The smallest absolute Gasteiger partial charge is 0.324 e. The van der Waals surface area contributed by atoms with Gasteiger partial charge in [-0.3, -0.25) is 4.79 Å². The molecular formula is C15H24N2O3. The Kier molecular flexibility index (Phi) is 6.31. The lowest BCUT2D eigenvalue weighted by Gasteiger charge is -2.27. The largest absolute Gasteiger partial charge is 0.495 e. The van der Waals surface area contributed by atoms with E-state index in [-0.39, 0.29) is 18.1 Å². The molecule has 0 radical (unpaired) electrons. The number of ether oxygens (including phenoxy) is 2. The van der Waals surface area contributed by atoms with Crippen LogP contribution in [0.5, 0.6) is 5.75 Å². The SMILES string of the molecule is COC(=O)C(CN(C)c1ccccc1OC)NC(C)C. The van der Waals surface area contributed by atoms with Gasteiger partial charge in [0.05, 0.1) is 19.9 Å². The van der Waals surface area contributed by atoms with Crippen LogP contribution in [-0.2, 0) is 9.53 Å². The van der Waals surface area contributed by atoms with E-state index in [2.05, 4.69) is 5.32 Å².